The average Bonchev–Trinajstić information content (AvgIpc) is 3.10. The van der Waals surface area contributed by atoms with Crippen molar-refractivity contribution in [2.24, 2.45) is 11.8 Å². The van der Waals surface area contributed by atoms with Gasteiger partial charge in [0.15, 0.2) is 0 Å². The zero-order valence-corrected chi connectivity index (χ0v) is 16.2. The van der Waals surface area contributed by atoms with E-state index in [1.54, 1.807) is 0 Å². The summed E-state index contributed by atoms with van der Waals surface area (Å²) < 4.78 is 0. The molecule has 26 heavy (non-hydrogen) atoms. The van der Waals surface area contributed by atoms with Gasteiger partial charge in [-0.05, 0) is 55.1 Å². The number of carboxylic acid groups (broad SMARTS) is 1. The molecule has 0 radical (unpaired) electrons. The van der Waals surface area contributed by atoms with E-state index in [2.05, 4.69) is 49.9 Å². The Morgan fingerprint density at radius 2 is 1.54 bits per heavy atom. The molecule has 0 bridgehead atoms. The summed E-state index contributed by atoms with van der Waals surface area (Å²) in [6.07, 6.45) is 4.74. The fourth-order valence-electron chi connectivity index (χ4n) is 4.40. The topological polar surface area (TPSA) is 57.6 Å². The van der Waals surface area contributed by atoms with Gasteiger partial charge in [-0.3, -0.25) is 9.59 Å². The third kappa shape index (κ3) is 3.94. The van der Waals surface area contributed by atoms with Gasteiger partial charge >= 0.3 is 5.97 Å². The molecule has 1 aliphatic heterocycles. The van der Waals surface area contributed by atoms with E-state index < -0.39 is 5.97 Å². The van der Waals surface area contributed by atoms with Crippen molar-refractivity contribution in [3.8, 4) is 0 Å². The Bertz CT molecular complexity index is 651. The molecule has 0 aromatic heterocycles. The van der Waals surface area contributed by atoms with Crippen LogP contribution < -0.4 is 0 Å². The van der Waals surface area contributed by atoms with Crippen LogP contribution in [0, 0.1) is 11.8 Å². The van der Waals surface area contributed by atoms with E-state index in [1.165, 1.54) is 11.1 Å². The molecule has 1 N–H and O–H groups in total. The van der Waals surface area contributed by atoms with E-state index >= 15 is 0 Å². The Kier molecular flexibility index (Phi) is 5.40. The summed E-state index contributed by atoms with van der Waals surface area (Å²) in [5.74, 6) is -0.747. The number of rotatable bonds is 3. The molecule has 1 unspecified atom stereocenters. The van der Waals surface area contributed by atoms with Crippen molar-refractivity contribution >= 4 is 11.9 Å². The molecule has 1 heterocycles. The zero-order valence-electron chi connectivity index (χ0n) is 16.2. The van der Waals surface area contributed by atoms with Crippen LogP contribution in [0.5, 0.6) is 0 Å². The Hall–Kier alpha value is -1.84. The second kappa shape index (κ2) is 7.42. The van der Waals surface area contributed by atoms with Crippen molar-refractivity contribution in [1.82, 2.24) is 4.90 Å². The molecule has 0 spiro atoms. The zero-order chi connectivity index (χ0) is 18.9. The first-order valence-electron chi connectivity index (χ1n) is 9.91. The van der Waals surface area contributed by atoms with Gasteiger partial charge in [0.1, 0.15) is 0 Å². The highest BCUT2D eigenvalue weighted by Crippen LogP contribution is 2.37. The molecule has 1 atom stereocenters. The molecule has 1 amide bonds. The fraction of sp³-hybridized carbons (Fsp3) is 0.636. The number of nitrogens with zero attached hydrogens (tertiary/aromatic N) is 1. The summed E-state index contributed by atoms with van der Waals surface area (Å²) in [5.41, 5.74) is 2.67. The minimum absolute atomic E-state index is 0.0000448. The van der Waals surface area contributed by atoms with Crippen molar-refractivity contribution in [2.45, 2.75) is 70.8 Å². The van der Waals surface area contributed by atoms with Gasteiger partial charge in [0.2, 0.25) is 5.91 Å². The quantitative estimate of drug-likeness (QED) is 0.864. The van der Waals surface area contributed by atoms with Crippen LogP contribution in [0.15, 0.2) is 24.3 Å². The summed E-state index contributed by atoms with van der Waals surface area (Å²) in [5, 5.41) is 9.15. The third-order valence-electron chi connectivity index (χ3n) is 6.12. The van der Waals surface area contributed by atoms with Crippen molar-refractivity contribution in [3.63, 3.8) is 0 Å². The van der Waals surface area contributed by atoms with Crippen LogP contribution >= 0.6 is 0 Å². The van der Waals surface area contributed by atoms with Crippen LogP contribution in [0.2, 0.25) is 0 Å². The Balaban J connectivity index is 1.68. The smallest absolute Gasteiger partial charge is 0.306 e. The van der Waals surface area contributed by atoms with E-state index in [1.807, 2.05) is 0 Å². The molecule has 1 saturated heterocycles. The molecule has 142 valence electrons. The highest BCUT2D eigenvalue weighted by Gasteiger charge is 2.36. The molecular formula is C22H31NO3. The number of likely N-dealkylation sites (tertiary alicyclic amines) is 1. The molecule has 4 heteroatoms. The molecule has 3 rings (SSSR count). The van der Waals surface area contributed by atoms with Gasteiger partial charge in [0.25, 0.3) is 0 Å². The van der Waals surface area contributed by atoms with E-state index in [0.29, 0.717) is 25.7 Å². The van der Waals surface area contributed by atoms with Crippen LogP contribution in [0.25, 0.3) is 0 Å². The predicted molar refractivity (Wildman–Crippen MR) is 102 cm³/mol. The van der Waals surface area contributed by atoms with Crippen LogP contribution in [0.3, 0.4) is 0 Å². The van der Waals surface area contributed by atoms with Gasteiger partial charge in [-0.2, -0.15) is 0 Å². The van der Waals surface area contributed by atoms with Crippen molar-refractivity contribution < 1.29 is 14.7 Å². The second-order valence-electron chi connectivity index (χ2n) is 8.95. The second-order valence-corrected chi connectivity index (χ2v) is 8.95. The third-order valence-corrected chi connectivity index (χ3v) is 6.12. The van der Waals surface area contributed by atoms with Crippen LogP contribution in [-0.4, -0.2) is 28.4 Å². The summed E-state index contributed by atoms with van der Waals surface area (Å²) in [6, 6.07) is 8.91. The maximum atomic E-state index is 13.1. The normalized spacial score (nSPS) is 26.7. The summed E-state index contributed by atoms with van der Waals surface area (Å²) in [6.45, 7) is 7.45. The maximum Gasteiger partial charge on any atom is 0.306 e. The van der Waals surface area contributed by atoms with Crippen molar-refractivity contribution in [3.05, 3.63) is 35.4 Å². The highest BCUT2D eigenvalue weighted by atomic mass is 16.4. The van der Waals surface area contributed by atoms with Gasteiger partial charge in [0, 0.05) is 12.5 Å². The van der Waals surface area contributed by atoms with Crippen molar-refractivity contribution in [1.29, 1.82) is 0 Å². The minimum atomic E-state index is -0.714. The fourth-order valence-corrected chi connectivity index (χ4v) is 4.40. The lowest BCUT2D eigenvalue weighted by Crippen LogP contribution is -2.38. The first-order valence-corrected chi connectivity index (χ1v) is 9.91. The lowest BCUT2D eigenvalue weighted by atomic mass is 9.81. The molecular weight excluding hydrogens is 326 g/mol. The first-order chi connectivity index (χ1) is 12.3. The maximum absolute atomic E-state index is 13.1. The SMILES string of the molecule is CC(C)(C)c1ccc(C2CCCN2C(=O)C2CCC(C(=O)O)CC2)cc1. The van der Waals surface area contributed by atoms with Gasteiger partial charge in [-0.15, -0.1) is 0 Å². The molecule has 2 aliphatic rings. The number of hydrogen-bond acceptors (Lipinski definition) is 2. The summed E-state index contributed by atoms with van der Waals surface area (Å²) in [7, 11) is 0. The molecule has 1 aromatic carbocycles. The molecule has 1 saturated carbocycles. The summed E-state index contributed by atoms with van der Waals surface area (Å²) in [4.78, 5) is 26.2. The van der Waals surface area contributed by atoms with Crippen LogP contribution in [0.1, 0.15) is 76.5 Å². The number of carboxylic acids is 1. The molecule has 1 aromatic rings. The van der Waals surface area contributed by atoms with Gasteiger partial charge < -0.3 is 10.0 Å². The highest BCUT2D eigenvalue weighted by molar-refractivity contribution is 5.80. The lowest BCUT2D eigenvalue weighted by molar-refractivity contribution is -0.146. The Labute approximate surface area is 156 Å². The van der Waals surface area contributed by atoms with Gasteiger partial charge in [0.05, 0.1) is 12.0 Å². The molecule has 1 aliphatic carbocycles. The van der Waals surface area contributed by atoms with Crippen molar-refractivity contribution in [2.75, 3.05) is 6.54 Å². The summed E-state index contributed by atoms with van der Waals surface area (Å²) >= 11 is 0. The number of hydrogen-bond donors (Lipinski definition) is 1. The largest absolute Gasteiger partial charge is 0.481 e. The molecule has 4 nitrogen and oxygen atoms in total. The minimum Gasteiger partial charge on any atom is -0.481 e. The van der Waals surface area contributed by atoms with E-state index in [0.717, 1.165) is 19.4 Å². The molecule has 2 fully saturated rings. The standard InChI is InChI=1S/C22H31NO3/c1-22(2,3)18-12-10-15(11-13-18)19-5-4-14-23(19)20(24)16-6-8-17(9-7-16)21(25)26/h10-13,16-17,19H,4-9,14H2,1-3H3,(H,25,26). The monoisotopic (exact) mass is 357 g/mol. The Morgan fingerprint density at radius 1 is 0.962 bits per heavy atom. The van der Waals surface area contributed by atoms with E-state index in [4.69, 9.17) is 5.11 Å². The average molecular weight is 357 g/mol. The number of carbonyl (C=O) groups excluding carboxylic acids is 1. The van der Waals surface area contributed by atoms with Gasteiger partial charge in [-0.1, -0.05) is 45.0 Å². The number of carbonyl (C=O) groups is 2. The lowest BCUT2D eigenvalue weighted by Gasteiger charge is -2.32. The van der Waals surface area contributed by atoms with Crippen LogP contribution in [0.4, 0.5) is 0 Å². The number of aliphatic carboxylic acids is 1. The van der Waals surface area contributed by atoms with Crippen LogP contribution in [-0.2, 0) is 15.0 Å². The van der Waals surface area contributed by atoms with Gasteiger partial charge in [-0.25, -0.2) is 0 Å². The first kappa shape index (κ1) is 18.9. The number of benzene rings is 1. The van der Waals surface area contributed by atoms with E-state index in [-0.39, 0.29) is 29.2 Å². The predicted octanol–water partition coefficient (Wildman–Crippen LogP) is 4.54. The number of amides is 1. The van der Waals surface area contributed by atoms with E-state index in [9.17, 15) is 9.59 Å². The Morgan fingerprint density at radius 3 is 2.08 bits per heavy atom.